The molecule has 1 aromatic heterocycles. The molecule has 0 atom stereocenters. The van der Waals surface area contributed by atoms with Gasteiger partial charge in [0.25, 0.3) is 4.84 Å². The van der Waals surface area contributed by atoms with Crippen molar-refractivity contribution in [3.63, 3.8) is 0 Å². The zero-order valence-electron chi connectivity index (χ0n) is 12.4. The van der Waals surface area contributed by atoms with Crippen LogP contribution < -0.4 is 10.9 Å². The van der Waals surface area contributed by atoms with Gasteiger partial charge in [-0.3, -0.25) is 5.01 Å². The van der Waals surface area contributed by atoms with Gasteiger partial charge in [0.2, 0.25) is 5.89 Å². The number of benzene rings is 2. The van der Waals surface area contributed by atoms with Crippen molar-refractivity contribution in [1.29, 1.82) is 0 Å². The summed E-state index contributed by atoms with van der Waals surface area (Å²) in [6, 6.07) is 14.9. The van der Waals surface area contributed by atoms with E-state index in [1.807, 2.05) is 36.4 Å². The highest BCUT2D eigenvalue weighted by Gasteiger charge is 2.10. The van der Waals surface area contributed by atoms with E-state index in [1.54, 1.807) is 12.1 Å². The summed E-state index contributed by atoms with van der Waals surface area (Å²) in [7, 11) is 0. The van der Waals surface area contributed by atoms with E-state index in [2.05, 4.69) is 10.2 Å². The lowest BCUT2D eigenvalue weighted by atomic mass is 10.1. The first kappa shape index (κ1) is 16.8. The van der Waals surface area contributed by atoms with Gasteiger partial charge in [0.1, 0.15) is 4.99 Å². The maximum Gasteiger partial charge on any atom is 0.284 e. The second-order valence-electron chi connectivity index (χ2n) is 5.03. The minimum atomic E-state index is 0.247. The first-order valence-electron chi connectivity index (χ1n) is 7.01. The summed E-state index contributed by atoms with van der Waals surface area (Å²) in [5.41, 5.74) is 2.65. The standard InChI is InChI=1S/C16H13ClN4OS2/c17-12-5-7-13(8-6-12)21(18)14(23)9-10-1-3-11(4-2-10)15-19-20-16(24)22-15/h1-8H,9,18H2,(H,20,24). The third-order valence-corrected chi connectivity index (χ3v) is 4.14. The minimum Gasteiger partial charge on any atom is -0.409 e. The Hall–Kier alpha value is -2.06. The lowest BCUT2D eigenvalue weighted by Crippen LogP contribution is -2.37. The van der Waals surface area contributed by atoms with Crippen LogP contribution in [0.4, 0.5) is 5.69 Å². The van der Waals surface area contributed by atoms with Gasteiger partial charge in [0.15, 0.2) is 0 Å². The fraction of sp³-hybridized carbons (Fsp3) is 0.0625. The number of rotatable bonds is 4. The Morgan fingerprint density at radius 2 is 1.83 bits per heavy atom. The van der Waals surface area contributed by atoms with Crippen LogP contribution >= 0.6 is 36.0 Å². The molecule has 0 saturated heterocycles. The fourth-order valence-corrected chi connectivity index (χ4v) is 2.65. The zero-order valence-corrected chi connectivity index (χ0v) is 14.8. The molecule has 3 aromatic rings. The summed E-state index contributed by atoms with van der Waals surface area (Å²) < 4.78 is 5.28. The number of nitrogens with one attached hydrogen (secondary N) is 1. The summed E-state index contributed by atoms with van der Waals surface area (Å²) in [5.74, 6) is 6.52. The Bertz CT molecular complexity index is 903. The molecule has 0 bridgehead atoms. The molecule has 8 heteroatoms. The minimum absolute atomic E-state index is 0.247. The van der Waals surface area contributed by atoms with Gasteiger partial charge in [0.05, 0.1) is 5.69 Å². The summed E-state index contributed by atoms with van der Waals surface area (Å²) in [5, 5.41) is 8.72. The van der Waals surface area contributed by atoms with Crippen molar-refractivity contribution in [3.05, 3.63) is 64.0 Å². The third-order valence-electron chi connectivity index (χ3n) is 3.37. The third kappa shape index (κ3) is 3.88. The number of nitrogens with zero attached hydrogens (tertiary/aromatic N) is 2. The van der Waals surface area contributed by atoms with Crippen LogP contribution in [0.1, 0.15) is 5.56 Å². The molecule has 0 aliphatic carbocycles. The van der Waals surface area contributed by atoms with E-state index in [0.29, 0.717) is 22.3 Å². The predicted octanol–water partition coefficient (Wildman–Crippen LogP) is 4.30. The summed E-state index contributed by atoms with van der Waals surface area (Å²) in [6.45, 7) is 0. The van der Waals surface area contributed by atoms with Crippen molar-refractivity contribution >= 4 is 46.7 Å². The highest BCUT2D eigenvalue weighted by Crippen LogP contribution is 2.20. The second-order valence-corrected chi connectivity index (χ2v) is 6.31. The largest absolute Gasteiger partial charge is 0.409 e. The number of hydrogen-bond donors (Lipinski definition) is 2. The van der Waals surface area contributed by atoms with Gasteiger partial charge in [-0.05, 0) is 54.2 Å². The van der Waals surface area contributed by atoms with Crippen molar-refractivity contribution in [2.24, 2.45) is 5.84 Å². The average molecular weight is 377 g/mol. The molecule has 5 nitrogen and oxygen atoms in total. The number of anilines is 1. The van der Waals surface area contributed by atoms with Gasteiger partial charge in [0, 0.05) is 17.0 Å². The molecular weight excluding hydrogens is 364 g/mol. The van der Waals surface area contributed by atoms with Crippen LogP contribution in [0.5, 0.6) is 0 Å². The SMILES string of the molecule is NN(C(=S)Cc1ccc(-c2n[nH]c(=S)o2)cc1)c1ccc(Cl)cc1. The maximum atomic E-state index is 6.07. The molecule has 0 amide bonds. The Labute approximate surface area is 154 Å². The van der Waals surface area contributed by atoms with Crippen molar-refractivity contribution in [1.82, 2.24) is 10.2 Å². The maximum absolute atomic E-state index is 6.07. The van der Waals surface area contributed by atoms with Crippen LogP contribution in [0.3, 0.4) is 0 Å². The molecule has 0 aliphatic rings. The first-order valence-corrected chi connectivity index (χ1v) is 8.20. The molecule has 122 valence electrons. The predicted molar refractivity (Wildman–Crippen MR) is 102 cm³/mol. The van der Waals surface area contributed by atoms with E-state index in [4.69, 9.17) is 46.3 Å². The number of nitrogens with two attached hydrogens (primary N) is 1. The van der Waals surface area contributed by atoms with E-state index in [0.717, 1.165) is 16.8 Å². The van der Waals surface area contributed by atoms with Crippen LogP contribution in [0.2, 0.25) is 5.02 Å². The van der Waals surface area contributed by atoms with Crippen LogP contribution in [0.15, 0.2) is 52.9 Å². The monoisotopic (exact) mass is 376 g/mol. The van der Waals surface area contributed by atoms with Gasteiger partial charge in [-0.2, -0.15) is 0 Å². The number of H-pyrrole nitrogens is 1. The van der Waals surface area contributed by atoms with E-state index >= 15 is 0 Å². The molecule has 0 fully saturated rings. The number of thiocarbonyl (C=S) groups is 1. The van der Waals surface area contributed by atoms with Gasteiger partial charge < -0.3 is 4.42 Å². The molecule has 1 heterocycles. The summed E-state index contributed by atoms with van der Waals surface area (Å²) >= 11 is 16.2. The smallest absolute Gasteiger partial charge is 0.284 e. The van der Waals surface area contributed by atoms with Crippen LogP contribution in [0, 0.1) is 4.84 Å². The van der Waals surface area contributed by atoms with Gasteiger partial charge >= 0.3 is 0 Å². The highest BCUT2D eigenvalue weighted by atomic mass is 35.5. The number of hydrazine groups is 1. The highest BCUT2D eigenvalue weighted by molar-refractivity contribution is 7.80. The first-order chi connectivity index (χ1) is 11.5. The molecule has 3 rings (SSSR count). The molecular formula is C16H13ClN4OS2. The quantitative estimate of drug-likeness (QED) is 0.402. The molecule has 2 aromatic carbocycles. The van der Waals surface area contributed by atoms with Crippen molar-refractivity contribution in [2.75, 3.05) is 5.01 Å². The topological polar surface area (TPSA) is 71.1 Å². The molecule has 0 spiro atoms. The van der Waals surface area contributed by atoms with Gasteiger partial charge in [-0.25, -0.2) is 10.9 Å². The molecule has 24 heavy (non-hydrogen) atoms. The van der Waals surface area contributed by atoms with Gasteiger partial charge in [-0.15, -0.1) is 5.10 Å². The lowest BCUT2D eigenvalue weighted by Gasteiger charge is -2.19. The number of hydrogen-bond acceptors (Lipinski definition) is 5. The fourth-order valence-electron chi connectivity index (χ4n) is 2.12. The molecule has 0 radical (unpaired) electrons. The number of aromatic amines is 1. The Morgan fingerprint density at radius 1 is 1.17 bits per heavy atom. The second kappa shape index (κ2) is 7.23. The Kier molecular flexibility index (Phi) is 5.06. The number of halogens is 1. The van der Waals surface area contributed by atoms with Crippen LogP contribution in [0.25, 0.3) is 11.5 Å². The molecule has 3 N–H and O–H groups in total. The molecule has 0 saturated carbocycles. The van der Waals surface area contributed by atoms with Crippen molar-refractivity contribution < 1.29 is 4.42 Å². The number of aromatic nitrogens is 2. The normalized spacial score (nSPS) is 10.6. The van der Waals surface area contributed by atoms with E-state index in [9.17, 15) is 0 Å². The molecule has 0 unspecified atom stereocenters. The lowest BCUT2D eigenvalue weighted by molar-refractivity contribution is 0.552. The molecule has 0 aliphatic heterocycles. The van der Waals surface area contributed by atoms with E-state index < -0.39 is 0 Å². The summed E-state index contributed by atoms with van der Waals surface area (Å²) in [6.07, 6.45) is 0.540. The Morgan fingerprint density at radius 3 is 2.42 bits per heavy atom. The van der Waals surface area contributed by atoms with Gasteiger partial charge in [-0.1, -0.05) is 36.0 Å². The Balaban J connectivity index is 1.70. The van der Waals surface area contributed by atoms with Crippen LogP contribution in [-0.2, 0) is 6.42 Å². The van der Waals surface area contributed by atoms with E-state index in [-0.39, 0.29) is 4.84 Å². The van der Waals surface area contributed by atoms with Crippen molar-refractivity contribution in [3.8, 4) is 11.5 Å². The van der Waals surface area contributed by atoms with E-state index in [1.165, 1.54) is 5.01 Å². The zero-order chi connectivity index (χ0) is 17.1. The van der Waals surface area contributed by atoms with Crippen LogP contribution in [-0.4, -0.2) is 15.2 Å². The average Bonchev–Trinajstić information content (AvgIpc) is 3.02. The summed E-state index contributed by atoms with van der Waals surface area (Å²) in [4.78, 5) is 0.847. The van der Waals surface area contributed by atoms with Crippen molar-refractivity contribution in [2.45, 2.75) is 6.42 Å².